The lowest BCUT2D eigenvalue weighted by molar-refractivity contribution is -0.165. The number of amides is 3. The number of aliphatic hydroxyl groups excluding tert-OH is 1. The molecule has 0 radical (unpaired) electrons. The summed E-state index contributed by atoms with van der Waals surface area (Å²) in [6, 6.07) is 21.3. The van der Waals surface area contributed by atoms with Gasteiger partial charge in [0.15, 0.2) is 0 Å². The number of allylic oxidation sites excluding steroid dienone is 1. The van der Waals surface area contributed by atoms with E-state index in [-0.39, 0.29) is 31.7 Å². The third-order valence-electron chi connectivity index (χ3n) is 11.6. The average molecular weight is 847 g/mol. The molecule has 1 spiro atoms. The molecule has 3 aliphatic heterocycles. The molecule has 0 saturated carbocycles. The van der Waals surface area contributed by atoms with Crippen molar-refractivity contribution in [3.63, 3.8) is 0 Å². The maximum Gasteiger partial charge on any atom is 0.313 e. The van der Waals surface area contributed by atoms with Crippen molar-refractivity contribution in [3.05, 3.63) is 126 Å². The Morgan fingerprint density at radius 2 is 1.75 bits per heavy atom. The molecule has 6 rings (SSSR count). The number of rotatable bonds is 16. The van der Waals surface area contributed by atoms with E-state index in [1.807, 2.05) is 80.6 Å². The highest BCUT2D eigenvalue weighted by atomic mass is 79.9. The monoisotopic (exact) mass is 845 g/mol. The van der Waals surface area contributed by atoms with Gasteiger partial charge in [0.25, 0.3) is 5.91 Å². The molecule has 12 heteroatoms. The zero-order valence-corrected chi connectivity index (χ0v) is 34.3. The lowest BCUT2D eigenvalue weighted by atomic mass is 9.70. The minimum atomic E-state index is -1.46. The fourth-order valence-corrected chi connectivity index (χ4v) is 10.1. The van der Waals surface area contributed by atoms with E-state index in [2.05, 4.69) is 29.1 Å². The van der Waals surface area contributed by atoms with Crippen LogP contribution in [0.25, 0.3) is 0 Å². The van der Waals surface area contributed by atoms with Gasteiger partial charge >= 0.3 is 5.97 Å². The number of hydrogen-bond acceptors (Lipinski definition) is 7. The van der Waals surface area contributed by atoms with Gasteiger partial charge in [0.05, 0.1) is 47.3 Å². The summed E-state index contributed by atoms with van der Waals surface area (Å²) in [7, 11) is 1.68. The molecule has 1 unspecified atom stereocenters. The second kappa shape index (κ2) is 17.5. The van der Waals surface area contributed by atoms with Crippen LogP contribution >= 0.6 is 27.5 Å². The molecule has 3 fully saturated rings. The zero-order valence-electron chi connectivity index (χ0n) is 31.9. The van der Waals surface area contributed by atoms with Gasteiger partial charge in [-0.1, -0.05) is 112 Å². The summed E-state index contributed by atoms with van der Waals surface area (Å²) in [5.41, 5.74) is 1.29. The average Bonchev–Trinajstić information content (AvgIpc) is 3.80. The molecule has 1 N–H and O–H groups in total. The quantitative estimate of drug-likeness (QED) is 0.0980. The first-order chi connectivity index (χ1) is 26.9. The smallest absolute Gasteiger partial charge is 0.313 e. The molecule has 10 nitrogen and oxygen atoms in total. The fraction of sp³-hybridized carbons (Fsp3) is 0.409. The number of carbonyl (C=O) groups is 4. The molecule has 3 saturated heterocycles. The van der Waals surface area contributed by atoms with E-state index >= 15 is 9.59 Å². The molecule has 56 heavy (non-hydrogen) atoms. The third kappa shape index (κ3) is 7.58. The normalized spacial score (nSPS) is 25.2. The fourth-order valence-electron chi connectivity index (χ4n) is 8.80. The summed E-state index contributed by atoms with van der Waals surface area (Å²) in [4.78, 5) is 62.6. The first-order valence-corrected chi connectivity index (χ1v) is 20.3. The van der Waals surface area contributed by atoms with Gasteiger partial charge in [0.1, 0.15) is 17.7 Å². The number of hydrogen-bond donors (Lipinski definition) is 1. The Balaban J connectivity index is 1.43. The zero-order chi connectivity index (χ0) is 40.3. The van der Waals surface area contributed by atoms with Crippen LogP contribution in [0.4, 0.5) is 5.69 Å². The van der Waals surface area contributed by atoms with E-state index in [1.165, 1.54) is 9.80 Å². The van der Waals surface area contributed by atoms with Crippen LogP contribution in [0.2, 0.25) is 5.02 Å². The number of ether oxygens (including phenoxy) is 2. The number of aryl methyl sites for hydroxylation is 1. The number of nitrogens with zero attached hydrogens (tertiary/aromatic N) is 3. The predicted octanol–water partition coefficient (Wildman–Crippen LogP) is 6.62. The first kappa shape index (κ1) is 41.3. The summed E-state index contributed by atoms with van der Waals surface area (Å²) in [5, 5.41) is 11.3. The summed E-state index contributed by atoms with van der Waals surface area (Å²) in [5.74, 6) is -3.96. The van der Waals surface area contributed by atoms with Gasteiger partial charge in [-0.3, -0.25) is 19.2 Å². The largest absolute Gasteiger partial charge is 0.455 e. The molecular weight excluding hydrogens is 798 g/mol. The van der Waals surface area contributed by atoms with Crippen molar-refractivity contribution < 1.29 is 33.8 Å². The molecule has 3 amide bonds. The maximum atomic E-state index is 15.3. The standard InChI is InChI=1S/C44H49BrClN3O7/c1-6-8-22-34(51)47(5)28(4)38(30-19-13-10-14-20-30)55-43(54)35-36-41(52)49(31(26-50)24-29-17-11-9-12-18-29)40(44(36)25-32(45)39(35)56-44)42(53)48(23-7-2)37-27(3)16-15-21-33(37)46/h6-7,9-21,28,31-32,35-36,38-40,50H,1-2,8,22-26H2,3-5H3/t28-,31+,32?,35-,36+,38+,39-,40-,44+/m0/s1. The van der Waals surface area contributed by atoms with Crippen LogP contribution < -0.4 is 4.90 Å². The number of likely N-dealkylation sites (N-methyl/N-ethyl adjacent to an activating group) is 1. The van der Waals surface area contributed by atoms with Gasteiger partial charge in [-0.2, -0.15) is 0 Å². The van der Waals surface area contributed by atoms with Gasteiger partial charge in [-0.25, -0.2) is 0 Å². The van der Waals surface area contributed by atoms with Crippen molar-refractivity contribution in [3.8, 4) is 0 Å². The Hall–Kier alpha value is -4.29. The van der Waals surface area contributed by atoms with Crippen molar-refractivity contribution in [2.24, 2.45) is 11.8 Å². The highest BCUT2D eigenvalue weighted by molar-refractivity contribution is 9.09. The van der Waals surface area contributed by atoms with E-state index in [4.69, 9.17) is 21.1 Å². The summed E-state index contributed by atoms with van der Waals surface area (Å²) in [6.07, 6.45) is 2.83. The SMILES string of the molecule is C=CCCC(=O)N(C)[C@@H](C)[C@@H](OC(=O)[C@@H]1[C@H]2O[C@@]3(CC2Br)[C@H](C(=O)N(CC=C)c2c(C)cccc2Cl)N([C@@H](CO)Cc2ccccc2)C(=O)[C@@H]13)c1ccccc1. The van der Waals surface area contributed by atoms with E-state index in [1.54, 1.807) is 36.2 Å². The van der Waals surface area contributed by atoms with Gasteiger partial charge in [-0.15, -0.1) is 13.2 Å². The maximum absolute atomic E-state index is 15.3. The van der Waals surface area contributed by atoms with Crippen LogP contribution in [0.15, 0.2) is 104 Å². The predicted molar refractivity (Wildman–Crippen MR) is 219 cm³/mol. The number of likely N-dealkylation sites (tertiary alicyclic amines) is 1. The molecule has 3 aromatic rings. The number of halogens is 2. The topological polar surface area (TPSA) is 117 Å². The molecule has 0 aromatic heterocycles. The number of benzene rings is 3. The minimum absolute atomic E-state index is 0.0769. The Bertz CT molecular complexity index is 1930. The molecule has 2 bridgehead atoms. The van der Waals surface area contributed by atoms with E-state index in [0.717, 1.165) is 11.1 Å². The highest BCUT2D eigenvalue weighted by Crippen LogP contribution is 2.61. The Morgan fingerprint density at radius 3 is 2.38 bits per heavy atom. The number of esters is 1. The minimum Gasteiger partial charge on any atom is -0.455 e. The molecule has 3 aliphatic rings. The number of anilines is 1. The summed E-state index contributed by atoms with van der Waals surface area (Å²) in [6.45, 7) is 10.9. The molecule has 3 heterocycles. The van der Waals surface area contributed by atoms with Gasteiger partial charge in [0.2, 0.25) is 11.8 Å². The van der Waals surface area contributed by atoms with E-state index < -0.39 is 77.0 Å². The van der Waals surface area contributed by atoms with Crippen LogP contribution in [0.1, 0.15) is 49.0 Å². The number of fused-ring (bicyclic) bond motifs is 1. The van der Waals surface area contributed by atoms with Crippen LogP contribution in [-0.4, -0.2) is 93.5 Å². The summed E-state index contributed by atoms with van der Waals surface area (Å²) < 4.78 is 13.3. The highest BCUT2D eigenvalue weighted by Gasteiger charge is 2.77. The molecular formula is C44H49BrClN3O7. The lowest BCUT2D eigenvalue weighted by Crippen LogP contribution is -2.59. The Kier molecular flexibility index (Phi) is 12.9. The Labute approximate surface area is 342 Å². The molecule has 9 atom stereocenters. The van der Waals surface area contributed by atoms with Crippen molar-refractivity contribution in [1.82, 2.24) is 9.80 Å². The van der Waals surface area contributed by atoms with E-state index in [0.29, 0.717) is 22.7 Å². The number of carbonyl (C=O) groups excluding carboxylic acids is 4. The van der Waals surface area contributed by atoms with Crippen LogP contribution in [0.5, 0.6) is 0 Å². The number of para-hydroxylation sites is 1. The number of aliphatic hydroxyl groups is 1. The van der Waals surface area contributed by atoms with Gasteiger partial charge < -0.3 is 29.3 Å². The molecule has 3 aromatic carbocycles. The first-order valence-electron chi connectivity index (χ1n) is 19.0. The van der Waals surface area contributed by atoms with Crippen LogP contribution in [-0.2, 0) is 35.1 Å². The van der Waals surface area contributed by atoms with Crippen molar-refractivity contribution in [2.45, 2.75) is 80.3 Å². The van der Waals surface area contributed by atoms with Crippen LogP contribution in [0.3, 0.4) is 0 Å². The second-order valence-corrected chi connectivity index (χ2v) is 16.5. The number of alkyl halides is 1. The van der Waals surface area contributed by atoms with Crippen molar-refractivity contribution in [2.75, 3.05) is 25.1 Å². The Morgan fingerprint density at radius 1 is 1.07 bits per heavy atom. The lowest BCUT2D eigenvalue weighted by Gasteiger charge is -2.40. The third-order valence-corrected chi connectivity index (χ3v) is 12.7. The van der Waals surface area contributed by atoms with Gasteiger partial charge in [-0.05, 0) is 55.9 Å². The summed E-state index contributed by atoms with van der Waals surface area (Å²) >= 11 is 10.5. The second-order valence-electron chi connectivity index (χ2n) is 14.9. The molecule has 0 aliphatic carbocycles. The van der Waals surface area contributed by atoms with Gasteiger partial charge in [0, 0.05) is 24.8 Å². The van der Waals surface area contributed by atoms with Crippen molar-refractivity contribution >= 4 is 56.9 Å². The molecule has 296 valence electrons. The van der Waals surface area contributed by atoms with Crippen LogP contribution in [0, 0.1) is 18.8 Å². The van der Waals surface area contributed by atoms with E-state index in [9.17, 15) is 14.7 Å². The van der Waals surface area contributed by atoms with Crippen molar-refractivity contribution in [1.29, 1.82) is 0 Å².